The summed E-state index contributed by atoms with van der Waals surface area (Å²) >= 11 is 0. The second kappa shape index (κ2) is 7.34. The van der Waals surface area contributed by atoms with Crippen molar-refractivity contribution in [2.24, 2.45) is 0 Å². The molecule has 0 unspecified atom stereocenters. The van der Waals surface area contributed by atoms with E-state index >= 15 is 0 Å². The first kappa shape index (κ1) is 19.4. The van der Waals surface area contributed by atoms with E-state index in [2.05, 4.69) is 15.3 Å². The van der Waals surface area contributed by atoms with Crippen LogP contribution in [0, 0.1) is 0 Å². The van der Waals surface area contributed by atoms with Crippen LogP contribution in [0.5, 0.6) is 5.75 Å². The summed E-state index contributed by atoms with van der Waals surface area (Å²) in [4.78, 5) is 30.6. The smallest absolute Gasteiger partial charge is 0.420 e. The van der Waals surface area contributed by atoms with Crippen LogP contribution in [-0.2, 0) is 17.4 Å². The zero-order valence-electron chi connectivity index (χ0n) is 14.7. The van der Waals surface area contributed by atoms with Gasteiger partial charge in [0.15, 0.2) is 0 Å². The fraction of sp³-hybridized carbons (Fsp3) is 0.211. The number of aromatic amines is 1. The van der Waals surface area contributed by atoms with Gasteiger partial charge in [0.1, 0.15) is 17.1 Å². The van der Waals surface area contributed by atoms with Gasteiger partial charge in [0.2, 0.25) is 5.91 Å². The third-order valence-electron chi connectivity index (χ3n) is 4.18. The normalized spacial score (nSPS) is 11.6. The predicted octanol–water partition coefficient (Wildman–Crippen LogP) is 3.59. The number of benzene rings is 2. The van der Waals surface area contributed by atoms with Gasteiger partial charge < -0.3 is 15.4 Å². The molecule has 2 aromatic carbocycles. The Morgan fingerprint density at radius 2 is 1.93 bits per heavy atom. The molecular weight excluding hydrogens is 375 g/mol. The number of nitrogens with one attached hydrogen (secondary N) is 2. The highest BCUT2D eigenvalue weighted by Crippen LogP contribution is 2.41. The van der Waals surface area contributed by atoms with Crippen LogP contribution < -0.4 is 10.9 Å². The predicted molar refractivity (Wildman–Crippen MR) is 97.2 cm³/mol. The number of hydrogen-bond acceptors (Lipinski definition) is 4. The van der Waals surface area contributed by atoms with Crippen molar-refractivity contribution in [1.82, 2.24) is 9.97 Å². The third-order valence-corrected chi connectivity index (χ3v) is 4.18. The van der Waals surface area contributed by atoms with Gasteiger partial charge in [-0.15, -0.1) is 0 Å². The van der Waals surface area contributed by atoms with Gasteiger partial charge in [-0.1, -0.05) is 19.1 Å². The Labute approximate surface area is 157 Å². The largest absolute Gasteiger partial charge is 0.507 e. The Kier molecular flexibility index (Phi) is 5.08. The maximum Gasteiger partial charge on any atom is 0.420 e. The van der Waals surface area contributed by atoms with Crippen LogP contribution in [0.25, 0.3) is 10.9 Å². The molecule has 1 aromatic heterocycles. The van der Waals surface area contributed by atoms with Crippen molar-refractivity contribution in [3.05, 3.63) is 63.7 Å². The molecule has 28 heavy (non-hydrogen) atoms. The lowest BCUT2D eigenvalue weighted by molar-refractivity contribution is -0.139. The monoisotopic (exact) mass is 391 g/mol. The highest BCUT2D eigenvalue weighted by atomic mass is 19.4. The van der Waals surface area contributed by atoms with Crippen LogP contribution >= 0.6 is 0 Å². The van der Waals surface area contributed by atoms with Gasteiger partial charge in [-0.25, -0.2) is 4.98 Å². The number of hydrogen-bond donors (Lipinski definition) is 3. The van der Waals surface area contributed by atoms with Crippen molar-refractivity contribution in [2.75, 3.05) is 5.32 Å². The van der Waals surface area contributed by atoms with Crippen LogP contribution in [0.2, 0.25) is 0 Å². The molecule has 0 aliphatic carbocycles. The summed E-state index contributed by atoms with van der Waals surface area (Å²) in [7, 11) is 0. The lowest BCUT2D eigenvalue weighted by Gasteiger charge is -2.18. The zero-order valence-corrected chi connectivity index (χ0v) is 14.7. The van der Waals surface area contributed by atoms with Gasteiger partial charge in [0.05, 0.1) is 10.9 Å². The second-order valence-corrected chi connectivity index (χ2v) is 6.09. The van der Waals surface area contributed by atoms with Crippen LogP contribution in [-0.4, -0.2) is 21.0 Å². The first-order chi connectivity index (χ1) is 13.2. The molecule has 1 heterocycles. The lowest BCUT2D eigenvalue weighted by Crippen LogP contribution is -2.18. The van der Waals surface area contributed by atoms with E-state index in [1.165, 1.54) is 6.07 Å². The maximum atomic E-state index is 13.6. The molecule has 0 aliphatic heterocycles. The summed E-state index contributed by atoms with van der Waals surface area (Å²) in [6.45, 7) is 1.56. The van der Waals surface area contributed by atoms with E-state index in [1.807, 2.05) is 0 Å². The third kappa shape index (κ3) is 3.83. The molecule has 9 heteroatoms. The van der Waals surface area contributed by atoms with Crippen LogP contribution in [0.3, 0.4) is 0 Å². The molecule has 0 aliphatic rings. The van der Waals surface area contributed by atoms with Crippen LogP contribution in [0.1, 0.15) is 30.3 Å². The number of phenolic OH excluding ortho intramolecular Hbond substituents is 1. The van der Waals surface area contributed by atoms with Crippen molar-refractivity contribution >= 4 is 22.5 Å². The molecule has 0 spiro atoms. The number of fused-ring (bicyclic) bond motifs is 1. The quantitative estimate of drug-likeness (QED) is 0.593. The fourth-order valence-electron chi connectivity index (χ4n) is 2.88. The molecule has 0 bridgehead atoms. The fourth-order valence-corrected chi connectivity index (χ4v) is 2.88. The number of para-hydroxylation sites is 1. The number of H-pyrrole nitrogens is 1. The Hall–Kier alpha value is -3.36. The molecule has 0 saturated heterocycles. The lowest BCUT2D eigenvalue weighted by atomic mass is 9.99. The highest BCUT2D eigenvalue weighted by molar-refractivity contribution is 5.91. The number of rotatable bonds is 4. The minimum Gasteiger partial charge on any atom is -0.507 e. The maximum absolute atomic E-state index is 13.6. The van der Waals surface area contributed by atoms with Crippen molar-refractivity contribution in [1.29, 1.82) is 0 Å². The molecule has 0 saturated carbocycles. The zero-order chi connectivity index (χ0) is 20.5. The van der Waals surface area contributed by atoms with Crippen molar-refractivity contribution in [3.63, 3.8) is 0 Å². The standard InChI is InChI=1S/C19H16F3N3O3/c1-2-16(27)24-13-7-8-14(26)17(19(20,21)22)11(13)9-15-23-12-6-4-3-5-10(12)18(28)25-15/h3-8,26H,2,9H2,1H3,(H,24,27)(H,23,25,28). The Morgan fingerprint density at radius 3 is 2.61 bits per heavy atom. The number of carbonyl (C=O) groups is 1. The molecule has 3 N–H and O–H groups in total. The number of halogens is 3. The molecule has 146 valence electrons. The Bertz CT molecular complexity index is 1110. The Balaban J connectivity index is 2.18. The summed E-state index contributed by atoms with van der Waals surface area (Å²) in [5.41, 5.74) is -1.93. The highest BCUT2D eigenvalue weighted by Gasteiger charge is 2.38. The van der Waals surface area contributed by atoms with E-state index in [4.69, 9.17) is 0 Å². The summed E-state index contributed by atoms with van der Waals surface area (Å²) in [6.07, 6.45) is -5.25. The molecule has 0 radical (unpaired) electrons. The molecule has 0 atom stereocenters. The van der Waals surface area contributed by atoms with Gasteiger partial charge in [-0.3, -0.25) is 9.59 Å². The topological polar surface area (TPSA) is 95.1 Å². The number of amides is 1. The van der Waals surface area contributed by atoms with Gasteiger partial charge in [-0.2, -0.15) is 13.2 Å². The summed E-state index contributed by atoms with van der Waals surface area (Å²) in [5.74, 6) is -1.48. The molecule has 6 nitrogen and oxygen atoms in total. The first-order valence-corrected chi connectivity index (χ1v) is 8.40. The summed E-state index contributed by atoms with van der Waals surface area (Å²) in [6, 6.07) is 8.48. The number of alkyl halides is 3. The Morgan fingerprint density at radius 1 is 1.21 bits per heavy atom. The van der Waals surface area contributed by atoms with Crippen molar-refractivity contribution in [3.8, 4) is 5.75 Å². The number of carbonyl (C=O) groups excluding carboxylic acids is 1. The first-order valence-electron chi connectivity index (χ1n) is 8.40. The van der Waals surface area contributed by atoms with E-state index in [0.717, 1.165) is 6.07 Å². The summed E-state index contributed by atoms with van der Waals surface area (Å²) in [5, 5.41) is 12.5. The number of nitrogens with zero attached hydrogens (tertiary/aromatic N) is 1. The number of anilines is 1. The van der Waals surface area contributed by atoms with Crippen molar-refractivity contribution < 1.29 is 23.1 Å². The van der Waals surface area contributed by atoms with Gasteiger partial charge in [0, 0.05) is 18.5 Å². The SMILES string of the molecule is CCC(=O)Nc1ccc(O)c(C(F)(F)F)c1Cc1nc2ccccc2c(=O)[nH]1. The number of aromatic nitrogens is 2. The average molecular weight is 391 g/mol. The van der Waals surface area contributed by atoms with E-state index < -0.39 is 35.4 Å². The second-order valence-electron chi connectivity index (χ2n) is 6.09. The van der Waals surface area contributed by atoms with Gasteiger partial charge in [0.25, 0.3) is 5.56 Å². The minimum absolute atomic E-state index is 0.0215. The van der Waals surface area contributed by atoms with Gasteiger partial charge >= 0.3 is 6.18 Å². The van der Waals surface area contributed by atoms with E-state index in [9.17, 15) is 27.9 Å². The van der Waals surface area contributed by atoms with E-state index in [1.54, 1.807) is 31.2 Å². The molecule has 3 aromatic rings. The van der Waals surface area contributed by atoms with E-state index in [0.29, 0.717) is 10.9 Å². The minimum atomic E-state index is -4.87. The van der Waals surface area contributed by atoms with Crippen LogP contribution in [0.15, 0.2) is 41.2 Å². The molecule has 0 fully saturated rings. The van der Waals surface area contributed by atoms with Crippen molar-refractivity contribution in [2.45, 2.75) is 25.9 Å². The van der Waals surface area contributed by atoms with E-state index in [-0.39, 0.29) is 23.5 Å². The molecule has 1 amide bonds. The molecule has 3 rings (SSSR count). The van der Waals surface area contributed by atoms with Gasteiger partial charge in [-0.05, 0) is 29.8 Å². The number of phenols is 1. The average Bonchev–Trinajstić information content (AvgIpc) is 2.63. The molecular formula is C19H16F3N3O3. The number of aromatic hydroxyl groups is 1. The van der Waals surface area contributed by atoms with Crippen LogP contribution in [0.4, 0.5) is 18.9 Å². The summed E-state index contributed by atoms with van der Waals surface area (Å²) < 4.78 is 40.7.